The third kappa shape index (κ3) is 3.02. The van der Waals surface area contributed by atoms with Crippen molar-refractivity contribution >= 4 is 31.3 Å². The highest BCUT2D eigenvalue weighted by Gasteiger charge is 2.29. The van der Waals surface area contributed by atoms with Gasteiger partial charge in [-0.15, -0.1) is 0 Å². The second kappa shape index (κ2) is 5.87. The number of hydrogen-bond donors (Lipinski definition) is 0. The summed E-state index contributed by atoms with van der Waals surface area (Å²) in [6.07, 6.45) is 0. The quantitative estimate of drug-likeness (QED) is 0.792. The smallest absolute Gasteiger partial charge is 0.266 e. The fraction of sp³-hybridized carbons (Fsp3) is 0.308. The molecule has 1 aromatic carbocycles. The van der Waals surface area contributed by atoms with E-state index in [1.54, 1.807) is 24.3 Å². The van der Waals surface area contributed by atoms with Gasteiger partial charge in [-0.1, -0.05) is 37.6 Å². The molecule has 0 saturated carbocycles. The molecule has 0 saturated heterocycles. The lowest BCUT2D eigenvalue weighted by atomic mass is 10.1. The van der Waals surface area contributed by atoms with E-state index in [9.17, 15) is 8.42 Å². The summed E-state index contributed by atoms with van der Waals surface area (Å²) < 4.78 is 30.1. The van der Waals surface area contributed by atoms with Crippen molar-refractivity contribution in [1.82, 2.24) is 9.78 Å². The molecule has 1 aromatic heterocycles. The van der Waals surface area contributed by atoms with E-state index < -0.39 is 9.05 Å². The zero-order chi connectivity index (χ0) is 15.8. The fourth-order valence-corrected chi connectivity index (χ4v) is 3.89. The van der Waals surface area contributed by atoms with Crippen LogP contribution in [0.25, 0.3) is 5.69 Å². The normalized spacial score (nSPS) is 11.9. The molecular formula is C13H14Cl2N2O3S. The van der Waals surface area contributed by atoms with Crippen molar-refractivity contribution in [2.75, 3.05) is 7.11 Å². The number of halogens is 2. The van der Waals surface area contributed by atoms with Gasteiger partial charge in [0, 0.05) is 10.7 Å². The molecule has 0 spiro atoms. The Hall–Kier alpha value is -1.24. The van der Waals surface area contributed by atoms with Gasteiger partial charge >= 0.3 is 0 Å². The maximum absolute atomic E-state index is 11.8. The van der Waals surface area contributed by atoms with Crippen molar-refractivity contribution < 1.29 is 13.2 Å². The molecule has 0 aliphatic rings. The topological polar surface area (TPSA) is 61.2 Å². The van der Waals surface area contributed by atoms with Crippen molar-refractivity contribution in [2.45, 2.75) is 24.7 Å². The Morgan fingerprint density at radius 2 is 1.90 bits per heavy atom. The molecule has 8 heteroatoms. The largest absolute Gasteiger partial charge is 0.494 e. The van der Waals surface area contributed by atoms with Crippen LogP contribution in [0.5, 0.6) is 5.75 Å². The minimum absolute atomic E-state index is 0.0572. The van der Waals surface area contributed by atoms with Crippen LogP contribution in [0.15, 0.2) is 29.2 Å². The minimum atomic E-state index is -4.00. The molecule has 0 bridgehead atoms. The van der Waals surface area contributed by atoms with Gasteiger partial charge in [-0.2, -0.15) is 5.10 Å². The van der Waals surface area contributed by atoms with Crippen LogP contribution in [0.3, 0.4) is 0 Å². The predicted molar refractivity (Wildman–Crippen MR) is 82.3 cm³/mol. The Labute approximate surface area is 132 Å². The zero-order valence-electron chi connectivity index (χ0n) is 11.7. The molecule has 2 aromatic rings. The SMILES string of the molecule is COc1ccccc1-n1nc(C(C)C)c(S(=O)(=O)Cl)c1Cl. The summed E-state index contributed by atoms with van der Waals surface area (Å²) in [5, 5.41) is 4.24. The average molecular weight is 349 g/mol. The summed E-state index contributed by atoms with van der Waals surface area (Å²) in [7, 11) is 3.00. The van der Waals surface area contributed by atoms with Crippen LogP contribution in [0.4, 0.5) is 0 Å². The molecule has 0 aliphatic heterocycles. The van der Waals surface area contributed by atoms with Crippen molar-refractivity contribution in [3.63, 3.8) is 0 Å². The molecule has 0 amide bonds. The van der Waals surface area contributed by atoms with E-state index in [1.807, 2.05) is 13.8 Å². The molecule has 0 N–H and O–H groups in total. The van der Waals surface area contributed by atoms with E-state index in [2.05, 4.69) is 5.10 Å². The number of methoxy groups -OCH3 is 1. The summed E-state index contributed by atoms with van der Waals surface area (Å²) in [4.78, 5) is -0.160. The van der Waals surface area contributed by atoms with Gasteiger partial charge in [-0.25, -0.2) is 13.1 Å². The summed E-state index contributed by atoms with van der Waals surface area (Å²) in [5.41, 5.74) is 0.861. The van der Waals surface area contributed by atoms with Gasteiger partial charge in [-0.3, -0.25) is 0 Å². The van der Waals surface area contributed by atoms with Crippen molar-refractivity contribution in [2.24, 2.45) is 0 Å². The van der Waals surface area contributed by atoms with Crippen LogP contribution in [0.2, 0.25) is 5.15 Å². The molecule has 2 rings (SSSR count). The summed E-state index contributed by atoms with van der Waals surface area (Å²) >= 11 is 6.20. The van der Waals surface area contributed by atoms with Crippen molar-refractivity contribution in [3.8, 4) is 11.4 Å². The maximum atomic E-state index is 11.8. The Morgan fingerprint density at radius 3 is 2.38 bits per heavy atom. The van der Waals surface area contributed by atoms with E-state index in [0.29, 0.717) is 17.1 Å². The summed E-state index contributed by atoms with van der Waals surface area (Å²) in [6, 6.07) is 7.03. The number of rotatable bonds is 4. The first-order valence-corrected chi connectivity index (χ1v) is 8.82. The highest BCUT2D eigenvalue weighted by atomic mass is 35.7. The second-order valence-corrected chi connectivity index (χ2v) is 7.54. The van der Waals surface area contributed by atoms with Crippen LogP contribution in [0, 0.1) is 0 Å². The van der Waals surface area contributed by atoms with Crippen LogP contribution in [-0.2, 0) is 9.05 Å². The van der Waals surface area contributed by atoms with E-state index in [4.69, 9.17) is 27.0 Å². The first-order chi connectivity index (χ1) is 9.77. The third-order valence-electron chi connectivity index (χ3n) is 2.92. The zero-order valence-corrected chi connectivity index (χ0v) is 14.0. The highest BCUT2D eigenvalue weighted by molar-refractivity contribution is 8.13. The highest BCUT2D eigenvalue weighted by Crippen LogP contribution is 2.35. The number of benzene rings is 1. The van der Waals surface area contributed by atoms with Gasteiger partial charge in [-0.05, 0) is 18.1 Å². The van der Waals surface area contributed by atoms with Crippen molar-refractivity contribution in [3.05, 3.63) is 35.1 Å². The molecule has 0 radical (unpaired) electrons. The molecule has 21 heavy (non-hydrogen) atoms. The molecule has 1 heterocycles. The van der Waals surface area contributed by atoms with Gasteiger partial charge in [0.25, 0.3) is 9.05 Å². The van der Waals surface area contributed by atoms with Crippen LogP contribution >= 0.6 is 22.3 Å². The van der Waals surface area contributed by atoms with Crippen LogP contribution < -0.4 is 4.74 Å². The number of nitrogens with zero attached hydrogens (tertiary/aromatic N) is 2. The molecule has 0 unspecified atom stereocenters. The van der Waals surface area contributed by atoms with E-state index in [-0.39, 0.29) is 16.0 Å². The van der Waals surface area contributed by atoms with Gasteiger partial charge in [0.05, 0.1) is 12.8 Å². The second-order valence-electron chi connectivity index (χ2n) is 4.68. The van der Waals surface area contributed by atoms with Crippen LogP contribution in [0.1, 0.15) is 25.5 Å². The first-order valence-electron chi connectivity index (χ1n) is 6.13. The fourth-order valence-electron chi connectivity index (χ4n) is 1.97. The lowest BCUT2D eigenvalue weighted by Gasteiger charge is -2.08. The maximum Gasteiger partial charge on any atom is 0.266 e. The molecule has 5 nitrogen and oxygen atoms in total. The Kier molecular flexibility index (Phi) is 4.51. The van der Waals surface area contributed by atoms with E-state index >= 15 is 0 Å². The summed E-state index contributed by atoms with van der Waals surface area (Å²) in [5.74, 6) is 0.373. The Bertz CT molecular complexity index is 770. The third-order valence-corrected chi connectivity index (χ3v) is 4.73. The Balaban J connectivity index is 2.78. The molecule has 0 atom stereocenters. The van der Waals surface area contributed by atoms with Crippen molar-refractivity contribution in [1.29, 1.82) is 0 Å². The van der Waals surface area contributed by atoms with Gasteiger partial charge in [0.1, 0.15) is 16.3 Å². The molecular weight excluding hydrogens is 335 g/mol. The molecule has 114 valence electrons. The van der Waals surface area contributed by atoms with Crippen LogP contribution in [-0.4, -0.2) is 25.3 Å². The lowest BCUT2D eigenvalue weighted by Crippen LogP contribution is -2.01. The first kappa shape index (κ1) is 16.1. The minimum Gasteiger partial charge on any atom is -0.494 e. The van der Waals surface area contributed by atoms with Gasteiger partial charge in [0.15, 0.2) is 5.15 Å². The van der Waals surface area contributed by atoms with Gasteiger partial charge in [0.2, 0.25) is 0 Å². The average Bonchev–Trinajstić information content (AvgIpc) is 2.76. The number of hydrogen-bond acceptors (Lipinski definition) is 4. The molecule has 0 fully saturated rings. The van der Waals surface area contributed by atoms with Gasteiger partial charge < -0.3 is 4.74 Å². The standard InChI is InChI=1S/C13H14Cl2N2O3S/c1-8(2)11-12(21(15,18)19)13(14)17(16-11)9-6-4-5-7-10(9)20-3/h4-8H,1-3H3. The van der Waals surface area contributed by atoms with E-state index in [0.717, 1.165) is 0 Å². The Morgan fingerprint density at radius 1 is 1.29 bits per heavy atom. The lowest BCUT2D eigenvalue weighted by molar-refractivity contribution is 0.411. The number of ether oxygens (including phenoxy) is 1. The number of para-hydroxylation sites is 2. The monoisotopic (exact) mass is 348 g/mol. The predicted octanol–water partition coefficient (Wildman–Crippen LogP) is 3.59. The number of aromatic nitrogens is 2. The molecule has 0 aliphatic carbocycles. The summed E-state index contributed by atoms with van der Waals surface area (Å²) in [6.45, 7) is 3.63. The van der Waals surface area contributed by atoms with E-state index in [1.165, 1.54) is 11.8 Å².